The van der Waals surface area contributed by atoms with Crippen molar-refractivity contribution in [1.82, 2.24) is 0 Å². The smallest absolute Gasteiger partial charge is 0.194 e. The summed E-state index contributed by atoms with van der Waals surface area (Å²) in [5.74, 6) is -0.0626. The summed E-state index contributed by atoms with van der Waals surface area (Å²) in [6, 6.07) is 10.8. The first-order valence-corrected chi connectivity index (χ1v) is 7.16. The summed E-state index contributed by atoms with van der Waals surface area (Å²) in [6.07, 6.45) is 1.89. The first-order valence-electron chi connectivity index (χ1n) is 6.78. The summed E-state index contributed by atoms with van der Waals surface area (Å²) in [7, 11) is 0. The summed E-state index contributed by atoms with van der Waals surface area (Å²) in [4.78, 5) is 12.5. The maximum atomic E-state index is 12.5. The Morgan fingerprint density at radius 2 is 1.75 bits per heavy atom. The van der Waals surface area contributed by atoms with Crippen LogP contribution in [0.25, 0.3) is 0 Å². The standard InChI is InChI=1S/C17H18ClNO/c1-3-11-5-6-13(9-12(11)4-2)17(20)15-8-7-14(19)10-16(15)18/h5-10H,3-4,19H2,1-2H3. The number of ketones is 1. The first-order chi connectivity index (χ1) is 9.56. The number of anilines is 1. The lowest BCUT2D eigenvalue weighted by atomic mass is 9.96. The van der Waals surface area contributed by atoms with Crippen molar-refractivity contribution in [3.63, 3.8) is 0 Å². The van der Waals surface area contributed by atoms with Crippen LogP contribution >= 0.6 is 11.6 Å². The summed E-state index contributed by atoms with van der Waals surface area (Å²) in [5.41, 5.74) is 9.87. The Kier molecular flexibility index (Phi) is 4.46. The third kappa shape index (κ3) is 2.86. The van der Waals surface area contributed by atoms with Crippen LogP contribution in [0.15, 0.2) is 36.4 Å². The van der Waals surface area contributed by atoms with Gasteiger partial charge in [-0.25, -0.2) is 0 Å². The maximum absolute atomic E-state index is 12.5. The number of carbonyl (C=O) groups excluding carboxylic acids is 1. The highest BCUT2D eigenvalue weighted by atomic mass is 35.5. The highest BCUT2D eigenvalue weighted by Crippen LogP contribution is 2.23. The molecule has 0 saturated heterocycles. The van der Waals surface area contributed by atoms with Crippen LogP contribution in [0.2, 0.25) is 5.02 Å². The summed E-state index contributed by atoms with van der Waals surface area (Å²) in [6.45, 7) is 4.21. The number of hydrogen-bond donors (Lipinski definition) is 1. The molecule has 0 radical (unpaired) electrons. The molecule has 20 heavy (non-hydrogen) atoms. The zero-order valence-corrected chi connectivity index (χ0v) is 12.5. The zero-order chi connectivity index (χ0) is 14.7. The molecule has 0 spiro atoms. The van der Waals surface area contributed by atoms with Crippen molar-refractivity contribution in [2.24, 2.45) is 0 Å². The number of nitrogens with two attached hydrogens (primary N) is 1. The molecule has 0 saturated carbocycles. The Labute approximate surface area is 124 Å². The van der Waals surface area contributed by atoms with Gasteiger partial charge < -0.3 is 5.73 Å². The monoisotopic (exact) mass is 287 g/mol. The molecule has 3 heteroatoms. The molecule has 0 amide bonds. The predicted octanol–water partition coefficient (Wildman–Crippen LogP) is 4.28. The normalized spacial score (nSPS) is 10.6. The molecular weight excluding hydrogens is 270 g/mol. The van der Waals surface area contributed by atoms with Crippen molar-refractivity contribution >= 4 is 23.1 Å². The molecule has 2 N–H and O–H groups in total. The second-order valence-corrected chi connectivity index (χ2v) is 5.17. The van der Waals surface area contributed by atoms with Gasteiger partial charge in [0.25, 0.3) is 0 Å². The van der Waals surface area contributed by atoms with Gasteiger partial charge in [0.05, 0.1) is 5.02 Å². The number of rotatable bonds is 4. The van der Waals surface area contributed by atoms with Crippen molar-refractivity contribution in [3.8, 4) is 0 Å². The van der Waals surface area contributed by atoms with E-state index in [0.717, 1.165) is 12.8 Å². The van der Waals surface area contributed by atoms with Crippen molar-refractivity contribution in [1.29, 1.82) is 0 Å². The quantitative estimate of drug-likeness (QED) is 0.674. The van der Waals surface area contributed by atoms with Crippen molar-refractivity contribution in [2.45, 2.75) is 26.7 Å². The van der Waals surface area contributed by atoms with Crippen LogP contribution in [0.5, 0.6) is 0 Å². The molecule has 0 aromatic heterocycles. The Morgan fingerprint density at radius 1 is 1.05 bits per heavy atom. The van der Waals surface area contributed by atoms with Gasteiger partial charge in [0.2, 0.25) is 0 Å². The van der Waals surface area contributed by atoms with E-state index in [4.69, 9.17) is 17.3 Å². The largest absolute Gasteiger partial charge is 0.399 e. The highest BCUT2D eigenvalue weighted by molar-refractivity contribution is 6.35. The minimum atomic E-state index is -0.0626. The third-order valence-electron chi connectivity index (χ3n) is 3.47. The van der Waals surface area contributed by atoms with Crippen LogP contribution in [-0.4, -0.2) is 5.78 Å². The lowest BCUT2D eigenvalue weighted by Crippen LogP contribution is -2.04. The van der Waals surface area contributed by atoms with Gasteiger partial charge in [-0.3, -0.25) is 4.79 Å². The predicted molar refractivity (Wildman–Crippen MR) is 84.5 cm³/mol. The van der Waals surface area contributed by atoms with Crippen molar-refractivity contribution in [2.75, 3.05) is 5.73 Å². The number of nitrogen functional groups attached to an aromatic ring is 1. The van der Waals surface area contributed by atoms with Gasteiger partial charge in [-0.05, 0) is 48.2 Å². The molecule has 2 nitrogen and oxygen atoms in total. The maximum Gasteiger partial charge on any atom is 0.194 e. The molecule has 0 atom stereocenters. The average molecular weight is 288 g/mol. The zero-order valence-electron chi connectivity index (χ0n) is 11.7. The van der Waals surface area contributed by atoms with Crippen LogP contribution in [0.3, 0.4) is 0 Å². The molecule has 2 rings (SSSR count). The van der Waals surface area contributed by atoms with Gasteiger partial charge in [0.15, 0.2) is 5.78 Å². The van der Waals surface area contributed by atoms with Gasteiger partial charge in [0, 0.05) is 16.8 Å². The average Bonchev–Trinajstić information content (AvgIpc) is 2.45. The van der Waals surface area contributed by atoms with Gasteiger partial charge >= 0.3 is 0 Å². The molecule has 0 bridgehead atoms. The van der Waals surface area contributed by atoms with E-state index in [0.29, 0.717) is 21.8 Å². The van der Waals surface area contributed by atoms with Crippen molar-refractivity contribution in [3.05, 3.63) is 63.7 Å². The summed E-state index contributed by atoms with van der Waals surface area (Å²) >= 11 is 6.11. The number of halogens is 1. The molecular formula is C17H18ClNO. The fourth-order valence-electron chi connectivity index (χ4n) is 2.31. The topological polar surface area (TPSA) is 43.1 Å². The number of benzene rings is 2. The van der Waals surface area contributed by atoms with Gasteiger partial charge in [-0.1, -0.05) is 37.6 Å². The SMILES string of the molecule is CCc1ccc(C(=O)c2ccc(N)cc2Cl)cc1CC. The second-order valence-electron chi connectivity index (χ2n) is 4.76. The molecule has 2 aromatic carbocycles. The minimum absolute atomic E-state index is 0.0626. The van der Waals surface area contributed by atoms with E-state index in [9.17, 15) is 4.79 Å². The Hall–Kier alpha value is -1.80. The molecule has 0 aliphatic heterocycles. The fourth-order valence-corrected chi connectivity index (χ4v) is 2.59. The molecule has 0 aliphatic rings. The van der Waals surface area contributed by atoms with Crippen molar-refractivity contribution < 1.29 is 4.79 Å². The fraction of sp³-hybridized carbons (Fsp3) is 0.235. The van der Waals surface area contributed by atoms with Gasteiger partial charge in [0.1, 0.15) is 0 Å². The number of hydrogen-bond acceptors (Lipinski definition) is 2. The van der Waals surface area contributed by atoms with E-state index in [1.165, 1.54) is 11.1 Å². The Balaban J connectivity index is 2.43. The van der Waals surface area contributed by atoms with Crippen LogP contribution in [0.4, 0.5) is 5.69 Å². The molecule has 104 valence electrons. The third-order valence-corrected chi connectivity index (χ3v) is 3.78. The molecule has 0 unspecified atom stereocenters. The van der Waals surface area contributed by atoms with Gasteiger partial charge in [-0.15, -0.1) is 0 Å². The van der Waals surface area contributed by atoms with Crippen LogP contribution in [0.1, 0.15) is 40.9 Å². The number of aryl methyl sites for hydroxylation is 2. The van der Waals surface area contributed by atoms with Crippen LogP contribution in [0, 0.1) is 0 Å². The second kappa shape index (κ2) is 6.10. The molecule has 0 fully saturated rings. The minimum Gasteiger partial charge on any atom is -0.399 e. The van der Waals surface area contributed by atoms with Crippen LogP contribution in [-0.2, 0) is 12.8 Å². The van der Waals surface area contributed by atoms with E-state index in [-0.39, 0.29) is 5.78 Å². The van der Waals surface area contributed by atoms with Gasteiger partial charge in [-0.2, -0.15) is 0 Å². The first kappa shape index (κ1) is 14.6. The highest BCUT2D eigenvalue weighted by Gasteiger charge is 2.14. The summed E-state index contributed by atoms with van der Waals surface area (Å²) in [5, 5.41) is 0.396. The van der Waals surface area contributed by atoms with Crippen LogP contribution < -0.4 is 5.73 Å². The van der Waals surface area contributed by atoms with E-state index in [1.807, 2.05) is 18.2 Å². The Bertz CT molecular complexity index is 649. The molecule has 2 aromatic rings. The van der Waals surface area contributed by atoms with E-state index in [1.54, 1.807) is 18.2 Å². The van der Waals surface area contributed by atoms with E-state index < -0.39 is 0 Å². The molecule has 0 aliphatic carbocycles. The molecule has 0 heterocycles. The Morgan fingerprint density at radius 3 is 2.35 bits per heavy atom. The van der Waals surface area contributed by atoms with E-state index in [2.05, 4.69) is 13.8 Å². The summed E-state index contributed by atoms with van der Waals surface area (Å²) < 4.78 is 0. The lowest BCUT2D eigenvalue weighted by Gasteiger charge is -2.09. The van der Waals surface area contributed by atoms with E-state index >= 15 is 0 Å². The number of carbonyl (C=O) groups is 1. The lowest BCUT2D eigenvalue weighted by molar-refractivity contribution is 0.103.